The van der Waals surface area contributed by atoms with Gasteiger partial charge in [0.15, 0.2) is 0 Å². The number of halogens is 5. The standard InChI is InChI=1S/C10H9ClF3NO3.ClH/c11-6-3-5(4-7(15)9(16)17)1-2-8(6)18-10(12,13)14;/h1-3,7H,4,15H2,(H,16,17);1H. The molecule has 0 aliphatic carbocycles. The van der Waals surface area contributed by atoms with Crippen molar-refractivity contribution in [1.29, 1.82) is 0 Å². The van der Waals surface area contributed by atoms with Crippen molar-refractivity contribution in [3.63, 3.8) is 0 Å². The van der Waals surface area contributed by atoms with Crippen LogP contribution >= 0.6 is 24.0 Å². The summed E-state index contributed by atoms with van der Waals surface area (Å²) in [6.45, 7) is 0. The van der Waals surface area contributed by atoms with Crippen molar-refractivity contribution in [2.75, 3.05) is 0 Å². The van der Waals surface area contributed by atoms with E-state index in [-0.39, 0.29) is 23.9 Å². The second-order valence-corrected chi connectivity index (χ2v) is 3.87. The monoisotopic (exact) mass is 319 g/mol. The zero-order chi connectivity index (χ0) is 13.9. The molecule has 1 aromatic rings. The van der Waals surface area contributed by atoms with Gasteiger partial charge in [0.1, 0.15) is 11.8 Å². The maximum absolute atomic E-state index is 12.0. The number of alkyl halides is 3. The minimum Gasteiger partial charge on any atom is -0.480 e. The zero-order valence-electron chi connectivity index (χ0n) is 9.28. The van der Waals surface area contributed by atoms with E-state index in [0.29, 0.717) is 5.56 Å². The number of aliphatic carboxylic acids is 1. The predicted octanol–water partition coefficient (Wildman–Crippen LogP) is 2.61. The zero-order valence-corrected chi connectivity index (χ0v) is 10.9. The summed E-state index contributed by atoms with van der Waals surface area (Å²) in [5.41, 5.74) is 5.69. The van der Waals surface area contributed by atoms with Crippen molar-refractivity contribution in [3.8, 4) is 5.75 Å². The van der Waals surface area contributed by atoms with Gasteiger partial charge in [-0.25, -0.2) is 0 Å². The summed E-state index contributed by atoms with van der Waals surface area (Å²) < 4.78 is 39.5. The molecule has 0 amide bonds. The first-order valence-electron chi connectivity index (χ1n) is 4.71. The molecule has 0 spiro atoms. The molecule has 0 saturated carbocycles. The Kier molecular flexibility index (Phi) is 6.41. The maximum Gasteiger partial charge on any atom is 0.573 e. The molecule has 1 aromatic carbocycles. The third-order valence-electron chi connectivity index (χ3n) is 1.99. The molecular weight excluding hydrogens is 310 g/mol. The molecule has 0 saturated heterocycles. The van der Waals surface area contributed by atoms with Gasteiger partial charge >= 0.3 is 12.3 Å². The lowest BCUT2D eigenvalue weighted by molar-refractivity contribution is -0.274. The molecule has 0 radical (unpaired) electrons. The number of benzene rings is 1. The molecule has 1 atom stereocenters. The lowest BCUT2D eigenvalue weighted by Gasteiger charge is -2.12. The molecule has 0 aliphatic heterocycles. The van der Waals surface area contributed by atoms with Crippen LogP contribution in [0.5, 0.6) is 5.75 Å². The summed E-state index contributed by atoms with van der Waals surface area (Å²) in [6.07, 6.45) is -4.87. The van der Waals surface area contributed by atoms with Gasteiger partial charge in [-0.1, -0.05) is 17.7 Å². The fourth-order valence-corrected chi connectivity index (χ4v) is 1.46. The number of hydrogen-bond donors (Lipinski definition) is 2. The van der Waals surface area contributed by atoms with Crippen molar-refractivity contribution in [2.45, 2.75) is 18.8 Å². The number of hydrogen-bond acceptors (Lipinski definition) is 3. The summed E-state index contributed by atoms with van der Waals surface area (Å²) in [6, 6.07) is 2.33. The Morgan fingerprint density at radius 1 is 1.47 bits per heavy atom. The number of carbonyl (C=O) groups is 1. The predicted molar refractivity (Wildman–Crippen MR) is 64.7 cm³/mol. The van der Waals surface area contributed by atoms with Crippen LogP contribution in [0.15, 0.2) is 18.2 Å². The van der Waals surface area contributed by atoms with Crippen LogP contribution in [0.1, 0.15) is 5.56 Å². The van der Waals surface area contributed by atoms with Crippen LogP contribution in [-0.4, -0.2) is 23.5 Å². The van der Waals surface area contributed by atoms with E-state index in [1.54, 1.807) is 0 Å². The summed E-state index contributed by atoms with van der Waals surface area (Å²) in [4.78, 5) is 10.5. The highest BCUT2D eigenvalue weighted by molar-refractivity contribution is 6.32. The van der Waals surface area contributed by atoms with Gasteiger partial charge in [-0.05, 0) is 24.1 Å². The van der Waals surface area contributed by atoms with Gasteiger partial charge in [-0.15, -0.1) is 25.6 Å². The Hall–Kier alpha value is -1.18. The first-order valence-corrected chi connectivity index (χ1v) is 5.09. The number of ether oxygens (including phenoxy) is 1. The number of carboxylic acids is 1. The molecule has 0 heterocycles. The van der Waals surface area contributed by atoms with E-state index in [1.165, 1.54) is 12.1 Å². The quantitative estimate of drug-likeness (QED) is 0.894. The third kappa shape index (κ3) is 6.00. The number of nitrogens with two attached hydrogens (primary N) is 1. The van der Waals surface area contributed by atoms with Crippen LogP contribution in [-0.2, 0) is 11.2 Å². The van der Waals surface area contributed by atoms with E-state index < -0.39 is 24.1 Å². The van der Waals surface area contributed by atoms with Crippen molar-refractivity contribution in [3.05, 3.63) is 28.8 Å². The van der Waals surface area contributed by atoms with Crippen LogP contribution in [0.2, 0.25) is 5.02 Å². The van der Waals surface area contributed by atoms with Gasteiger partial charge in [0.25, 0.3) is 0 Å². The Morgan fingerprint density at radius 3 is 2.47 bits per heavy atom. The molecule has 1 rings (SSSR count). The molecule has 108 valence electrons. The first kappa shape index (κ1) is 17.8. The lowest BCUT2D eigenvalue weighted by atomic mass is 10.1. The third-order valence-corrected chi connectivity index (χ3v) is 2.29. The maximum atomic E-state index is 12.0. The average molecular weight is 320 g/mol. The van der Waals surface area contributed by atoms with Gasteiger partial charge in [-0.2, -0.15) is 0 Å². The minimum absolute atomic E-state index is 0. The van der Waals surface area contributed by atoms with Crippen molar-refractivity contribution in [2.24, 2.45) is 5.73 Å². The number of carboxylic acid groups (broad SMARTS) is 1. The molecular formula is C10H10Cl2F3NO3. The normalized spacial score (nSPS) is 12.5. The number of rotatable bonds is 4. The highest BCUT2D eigenvalue weighted by atomic mass is 35.5. The Balaban J connectivity index is 0.00000324. The topological polar surface area (TPSA) is 72.5 Å². The summed E-state index contributed by atoms with van der Waals surface area (Å²) >= 11 is 5.59. The van der Waals surface area contributed by atoms with E-state index in [0.717, 1.165) is 6.07 Å². The molecule has 4 nitrogen and oxygen atoms in total. The van der Waals surface area contributed by atoms with E-state index >= 15 is 0 Å². The fourth-order valence-electron chi connectivity index (χ4n) is 1.22. The van der Waals surface area contributed by atoms with Gasteiger partial charge in [0, 0.05) is 0 Å². The van der Waals surface area contributed by atoms with E-state index in [1.807, 2.05) is 0 Å². The van der Waals surface area contributed by atoms with E-state index in [9.17, 15) is 18.0 Å². The highest BCUT2D eigenvalue weighted by Gasteiger charge is 2.32. The van der Waals surface area contributed by atoms with Crippen molar-refractivity contribution in [1.82, 2.24) is 0 Å². The second kappa shape index (κ2) is 6.83. The summed E-state index contributed by atoms with van der Waals surface area (Å²) in [5, 5.41) is 8.33. The Bertz CT molecular complexity index is 454. The van der Waals surface area contributed by atoms with E-state index in [2.05, 4.69) is 4.74 Å². The van der Waals surface area contributed by atoms with Gasteiger partial charge in [-0.3, -0.25) is 4.79 Å². The van der Waals surface area contributed by atoms with Crippen molar-refractivity contribution >= 4 is 30.0 Å². The smallest absolute Gasteiger partial charge is 0.480 e. The van der Waals surface area contributed by atoms with Gasteiger partial charge in [0.05, 0.1) is 5.02 Å². The van der Waals surface area contributed by atoms with Crippen LogP contribution in [0, 0.1) is 0 Å². The molecule has 0 aromatic heterocycles. The van der Waals surface area contributed by atoms with Gasteiger partial charge in [0.2, 0.25) is 0 Å². The molecule has 19 heavy (non-hydrogen) atoms. The van der Waals surface area contributed by atoms with Crippen LogP contribution in [0.25, 0.3) is 0 Å². The Morgan fingerprint density at radius 2 is 2.05 bits per heavy atom. The molecule has 9 heteroatoms. The highest BCUT2D eigenvalue weighted by Crippen LogP contribution is 2.30. The van der Waals surface area contributed by atoms with E-state index in [4.69, 9.17) is 22.4 Å². The molecule has 0 aliphatic rings. The van der Waals surface area contributed by atoms with Crippen LogP contribution in [0.4, 0.5) is 13.2 Å². The SMILES string of the molecule is Cl.NC(Cc1ccc(OC(F)(F)F)c(Cl)c1)C(=O)O. The lowest BCUT2D eigenvalue weighted by Crippen LogP contribution is -2.32. The summed E-state index contributed by atoms with van der Waals surface area (Å²) in [5.74, 6) is -1.75. The van der Waals surface area contributed by atoms with Crippen molar-refractivity contribution < 1.29 is 27.8 Å². The molecule has 0 fully saturated rings. The molecule has 0 bridgehead atoms. The second-order valence-electron chi connectivity index (χ2n) is 3.46. The largest absolute Gasteiger partial charge is 0.573 e. The first-order chi connectivity index (χ1) is 8.19. The summed E-state index contributed by atoms with van der Waals surface area (Å²) in [7, 11) is 0. The van der Waals surface area contributed by atoms with Gasteiger partial charge < -0.3 is 15.6 Å². The minimum atomic E-state index is -4.83. The van der Waals surface area contributed by atoms with Crippen LogP contribution < -0.4 is 10.5 Å². The molecule has 3 N–H and O–H groups in total. The average Bonchev–Trinajstić information content (AvgIpc) is 2.20. The Labute approximate surface area is 117 Å². The fraction of sp³-hybridized carbons (Fsp3) is 0.300. The van der Waals surface area contributed by atoms with Crippen LogP contribution in [0.3, 0.4) is 0 Å². The molecule has 1 unspecified atom stereocenters.